The molecule has 4 fully saturated rings. The third-order valence-corrected chi connectivity index (χ3v) is 21.2. The van der Waals surface area contributed by atoms with E-state index in [4.69, 9.17) is 34.5 Å². The predicted molar refractivity (Wildman–Crippen MR) is 487 cm³/mol. The molecule has 1 unspecified atom stereocenters. The maximum Gasteiger partial charge on any atom is 0.418 e. The quantitative estimate of drug-likeness (QED) is 0.0259. The van der Waals surface area contributed by atoms with Crippen LogP contribution in [-0.2, 0) is 6.18 Å². The Labute approximate surface area is 719 Å². The second kappa shape index (κ2) is 39.6. The Kier molecular flexibility index (Phi) is 28.6. The molecule has 15 rings (SSSR count). The van der Waals surface area contributed by atoms with E-state index in [0.717, 1.165) is 50.8 Å². The number of carbonyl (C=O) groups is 4. The molecule has 24 nitrogen and oxygen atoms in total. The van der Waals surface area contributed by atoms with Crippen LogP contribution in [0.3, 0.4) is 0 Å². The third kappa shape index (κ3) is 21.3. The van der Waals surface area contributed by atoms with Gasteiger partial charge in [-0.2, -0.15) is 13.2 Å². The lowest BCUT2D eigenvalue weighted by Crippen LogP contribution is -2.58. The van der Waals surface area contributed by atoms with Gasteiger partial charge in [-0.05, 0) is 138 Å². The molecule has 0 radical (unpaired) electrons. The molecule has 4 aliphatic rings. The Balaban J connectivity index is 0.00000170. The zero-order chi connectivity index (χ0) is 86.2. The Morgan fingerprint density at radius 2 is 0.777 bits per heavy atom. The van der Waals surface area contributed by atoms with Crippen LogP contribution in [0.25, 0.3) is 17.5 Å². The fraction of sp³-hybridized carbons (Fsp3) is 0.244. The summed E-state index contributed by atoms with van der Waals surface area (Å²) >= 11 is 6.14. The normalized spacial score (nSPS) is 17.2. The molecule has 11 aromatic rings. The van der Waals surface area contributed by atoms with Crippen molar-refractivity contribution in [2.24, 2.45) is 5.92 Å². The number of nitrogens with zero attached hydrogens (tertiary/aromatic N) is 12. The number of alkyl halides is 3. The zero-order valence-corrected chi connectivity index (χ0v) is 67.4. The van der Waals surface area contributed by atoms with Gasteiger partial charge in [0.2, 0.25) is 23.1 Å². The molecule has 5 atom stereocenters. The van der Waals surface area contributed by atoms with Crippen LogP contribution in [0, 0.1) is 5.92 Å². The van der Waals surface area contributed by atoms with Gasteiger partial charge in [0, 0.05) is 166 Å². The van der Waals surface area contributed by atoms with E-state index in [-0.39, 0.29) is 127 Å². The van der Waals surface area contributed by atoms with Crippen LogP contribution in [-0.4, -0.2) is 147 Å². The van der Waals surface area contributed by atoms with Crippen LogP contribution in [0.4, 0.5) is 72.9 Å². The number of piperazine rings is 4. The summed E-state index contributed by atoms with van der Waals surface area (Å²) in [6, 6.07) is 52.9. The highest BCUT2D eigenvalue weighted by Gasteiger charge is 2.39. The smallest absolute Gasteiger partial charge is 0.383 e. The molecule has 4 saturated heterocycles. The van der Waals surface area contributed by atoms with Crippen molar-refractivity contribution < 1.29 is 62.6 Å². The molecule has 3 aromatic carbocycles. The first-order chi connectivity index (χ1) is 58.1. The van der Waals surface area contributed by atoms with Crippen molar-refractivity contribution in [3.63, 3.8) is 0 Å². The summed E-state index contributed by atoms with van der Waals surface area (Å²) < 4.78 is 83.1. The first kappa shape index (κ1) is 87.2. The van der Waals surface area contributed by atoms with E-state index >= 15 is 0 Å². The van der Waals surface area contributed by atoms with Gasteiger partial charge in [0.1, 0.15) is 86.8 Å². The van der Waals surface area contributed by atoms with E-state index in [2.05, 4.69) is 141 Å². The van der Waals surface area contributed by atoms with Gasteiger partial charge in [0.05, 0.1) is 27.8 Å². The number of hydrogen-bond acceptors (Lipinski definition) is 24. The minimum atomic E-state index is -4.72. The number of nitrogens with two attached hydrogens (primary N) is 4. The number of nitrogens with one attached hydrogen (secondary N) is 4. The molecule has 31 heteroatoms. The first-order valence-corrected chi connectivity index (χ1v) is 39.5. The standard InChI is InChI=1S/C23H21ClFN5O.2C23H22FN5O.C21H26F3N5O.12H2/c1-14(25)17-7-8-20(29-21(17)22(31)18-6-3-9-28-23(18)26)30-11-10-27-19(13-30)15-4-2-5-16(24)12-15;2*1-15(24)17-9-10-20(28-21(17)22(30)18-8-5-11-27-23(18)25)29-13-12-26-19(14-29)16-6-3-2-4-7-16;1-4-13-10-29(11-16(27-13)12(2)3)17-8-7-15(21(22,23)24)18(28-17)19(30)14-6-5-9-26-20(14)25;;;;;;;;;;;;/h2-9,12,19,27H,1,10-11,13H2,(H2,26,28);2*2-11,19,26H,1,12-14H2,(H2,25,27);5-9,12-13,16,27H,4,10-11H2,1-3H3,(H2,25,26);12*1H/t;2*19-;13-,16+;;;;;;;;;;;;/m.100............/s1. The van der Waals surface area contributed by atoms with Crippen molar-refractivity contribution in [1.29, 1.82) is 0 Å². The summed E-state index contributed by atoms with van der Waals surface area (Å²) in [5, 5.41) is 14.7. The maximum absolute atomic E-state index is 14.1. The Morgan fingerprint density at radius 3 is 1.12 bits per heavy atom. The minimum Gasteiger partial charge on any atom is -0.383 e. The van der Waals surface area contributed by atoms with Crippen LogP contribution >= 0.6 is 11.6 Å². The molecule has 12 heterocycles. The van der Waals surface area contributed by atoms with Crippen LogP contribution in [0.1, 0.15) is 166 Å². The SMILES string of the molecule is C=C(F)c1ccc(N2CCNC(c3cccc(Cl)c3)C2)nc1C(=O)c1cccnc1N.C=C(F)c1ccc(N2CCN[C@@H](c3ccccc3)C2)nc1C(=O)c1cccnc1N.C=C(F)c1ccc(N2CCN[C@H](c3ccccc3)C2)nc1C(=O)c1cccnc1N.CC[C@H]1CN(c2ccc(C(F)(F)F)c(C(=O)c3cccnc3N)n2)C[C@H](C(C)C)N1.[HH].[HH].[HH].[HH].[HH].[HH].[HH].[HH].[HH].[HH].[HH].[HH]. The van der Waals surface area contributed by atoms with Crippen LogP contribution in [0.2, 0.25) is 5.02 Å². The molecule has 0 saturated carbocycles. The van der Waals surface area contributed by atoms with Crippen LogP contribution < -0.4 is 63.8 Å². The number of ketones is 4. The number of nitrogen functional groups attached to an aromatic ring is 4. The molecule has 0 aliphatic carbocycles. The summed E-state index contributed by atoms with van der Waals surface area (Å²) in [5.41, 5.74) is 25.5. The van der Waals surface area contributed by atoms with E-state index < -0.39 is 58.0 Å². The number of hydrogen-bond donors (Lipinski definition) is 8. The van der Waals surface area contributed by atoms with Crippen molar-refractivity contribution in [3.05, 3.63) is 316 Å². The molecular formula is C90H115ClF6N20O4. The lowest BCUT2D eigenvalue weighted by molar-refractivity contribution is -0.138. The van der Waals surface area contributed by atoms with Crippen LogP contribution in [0.15, 0.2) is 227 Å². The van der Waals surface area contributed by atoms with E-state index in [0.29, 0.717) is 73.5 Å². The summed E-state index contributed by atoms with van der Waals surface area (Å²) in [4.78, 5) is 93.8. The predicted octanol–water partition coefficient (Wildman–Crippen LogP) is 17.3. The monoisotopic (exact) mass is 1690 g/mol. The lowest BCUT2D eigenvalue weighted by atomic mass is 9.98. The minimum absolute atomic E-state index is 0. The summed E-state index contributed by atoms with van der Waals surface area (Å²) in [6.45, 7) is 23.8. The number of benzene rings is 3. The second-order valence-electron chi connectivity index (χ2n) is 29.3. The fourth-order valence-corrected chi connectivity index (χ4v) is 14.7. The topological polar surface area (TPSA) is 337 Å². The van der Waals surface area contributed by atoms with Gasteiger partial charge >= 0.3 is 6.18 Å². The molecule has 121 heavy (non-hydrogen) atoms. The lowest BCUT2D eigenvalue weighted by Gasteiger charge is -2.41. The van der Waals surface area contributed by atoms with E-state index in [1.807, 2.05) is 65.6 Å². The zero-order valence-electron chi connectivity index (χ0n) is 66.7. The van der Waals surface area contributed by atoms with Crippen molar-refractivity contribution in [2.45, 2.75) is 63.6 Å². The van der Waals surface area contributed by atoms with Gasteiger partial charge in [-0.25, -0.2) is 53.0 Å². The Hall–Kier alpha value is -13.1. The molecule has 8 aromatic heterocycles. The summed E-state index contributed by atoms with van der Waals surface area (Å²) in [7, 11) is 0. The molecular weight excluding hydrogens is 1570 g/mol. The number of aromatic nitrogens is 8. The summed E-state index contributed by atoms with van der Waals surface area (Å²) in [5.74, 6) is -1.95. The van der Waals surface area contributed by atoms with Gasteiger partial charge in [0.25, 0.3) is 0 Å². The summed E-state index contributed by atoms with van der Waals surface area (Å²) in [6.07, 6.45) is 2.01. The van der Waals surface area contributed by atoms with Crippen molar-refractivity contribution >= 4 is 98.8 Å². The van der Waals surface area contributed by atoms with Gasteiger partial charge in [0.15, 0.2) is 0 Å². The van der Waals surface area contributed by atoms with E-state index in [1.54, 1.807) is 66.7 Å². The van der Waals surface area contributed by atoms with Crippen molar-refractivity contribution in [3.8, 4) is 0 Å². The second-order valence-corrected chi connectivity index (χ2v) is 29.7. The first-order valence-electron chi connectivity index (χ1n) is 39.1. The van der Waals surface area contributed by atoms with Gasteiger partial charge in [-0.3, -0.25) is 19.2 Å². The molecule has 4 aliphatic heterocycles. The van der Waals surface area contributed by atoms with Crippen molar-refractivity contribution in [2.75, 3.05) is 115 Å². The largest absolute Gasteiger partial charge is 0.418 e. The van der Waals surface area contributed by atoms with Gasteiger partial charge < -0.3 is 63.8 Å². The Bertz CT molecular complexity index is 5480. The highest BCUT2D eigenvalue weighted by molar-refractivity contribution is 6.30. The van der Waals surface area contributed by atoms with Crippen molar-refractivity contribution in [1.82, 2.24) is 61.1 Å². The third-order valence-electron chi connectivity index (χ3n) is 21.0. The highest BCUT2D eigenvalue weighted by atomic mass is 35.5. The fourth-order valence-electron chi connectivity index (χ4n) is 14.5. The number of pyridine rings is 8. The molecule has 0 spiro atoms. The average Bonchev–Trinajstić information content (AvgIpc) is 0.801. The number of carbonyl (C=O) groups excluding carboxylic acids is 4. The van der Waals surface area contributed by atoms with E-state index in [1.165, 1.54) is 60.2 Å². The number of rotatable bonds is 20. The van der Waals surface area contributed by atoms with Crippen LogP contribution in [0.5, 0.6) is 0 Å². The number of anilines is 8. The average molecular weight is 1690 g/mol. The molecule has 0 amide bonds. The molecule has 0 bridgehead atoms. The number of halogens is 7. The molecule has 648 valence electrons. The van der Waals surface area contributed by atoms with Gasteiger partial charge in [-0.1, -0.05) is 125 Å². The maximum atomic E-state index is 14.1. The molecule has 12 N–H and O–H groups in total. The Morgan fingerprint density at radius 1 is 0.438 bits per heavy atom. The highest BCUT2D eigenvalue weighted by Crippen LogP contribution is 2.37. The van der Waals surface area contributed by atoms with E-state index in [9.17, 15) is 45.5 Å². The van der Waals surface area contributed by atoms with Gasteiger partial charge in [-0.15, -0.1) is 0 Å².